The molecule has 0 spiro atoms. The Morgan fingerprint density at radius 3 is 1.33 bits per heavy atom. The summed E-state index contributed by atoms with van der Waals surface area (Å²) in [5, 5.41) is 0.140. The predicted octanol–water partition coefficient (Wildman–Crippen LogP) is 3.00. The van der Waals surface area contributed by atoms with Gasteiger partial charge in [0.15, 0.2) is 23.0 Å². The zero-order valence-electron chi connectivity index (χ0n) is 29.3. The molecule has 4 heterocycles. The molecule has 2 atom stereocenters. The zero-order valence-corrected chi connectivity index (χ0v) is 32.4. The average molecular weight is 825 g/mol. The third kappa shape index (κ3) is 11.6. The number of rotatable bonds is 14. The molecule has 55 heavy (non-hydrogen) atoms. The smallest absolute Gasteiger partial charge is 0.493 e. The van der Waals surface area contributed by atoms with Gasteiger partial charge in [0.05, 0.1) is 72.9 Å². The number of hydrogen-bond donors (Lipinski definition) is 0. The second-order valence-corrected chi connectivity index (χ2v) is 12.7. The van der Waals surface area contributed by atoms with Crippen molar-refractivity contribution in [1.82, 2.24) is 29.9 Å². The minimum atomic E-state index is -2.93. The molecule has 0 saturated carbocycles. The van der Waals surface area contributed by atoms with Gasteiger partial charge >= 0.3 is 36.3 Å². The van der Waals surface area contributed by atoms with E-state index in [4.69, 9.17) is 18.9 Å². The van der Waals surface area contributed by atoms with Gasteiger partial charge < -0.3 is 59.3 Å². The van der Waals surface area contributed by atoms with Crippen LogP contribution in [0.5, 0.6) is 34.5 Å². The van der Waals surface area contributed by atoms with Crippen molar-refractivity contribution in [2.45, 2.75) is 35.0 Å². The number of fused-ring (bicyclic) bond motifs is 2. The first kappa shape index (κ1) is 46.3. The van der Waals surface area contributed by atoms with Gasteiger partial charge in [-0.2, -0.15) is 17.6 Å². The molecule has 0 bridgehead atoms. The van der Waals surface area contributed by atoms with Crippen LogP contribution in [0.4, 0.5) is 17.6 Å². The number of benzene rings is 2. The van der Waals surface area contributed by atoms with E-state index in [-0.39, 0.29) is 67.3 Å². The molecule has 0 amide bonds. The van der Waals surface area contributed by atoms with Crippen LogP contribution in [0.25, 0.3) is 22.1 Å². The Bertz CT molecular complexity index is 2060. The fourth-order valence-electron chi connectivity index (χ4n) is 4.68. The molecule has 4 aromatic heterocycles. The molecular formula is C32H32F4MgN6O10S2. The zero-order chi connectivity index (χ0) is 37.4. The summed E-state index contributed by atoms with van der Waals surface area (Å²) >= 11 is 0. The van der Waals surface area contributed by atoms with Crippen molar-refractivity contribution < 1.29 is 65.4 Å². The molecule has 0 fully saturated rings. The first-order valence-corrected chi connectivity index (χ1v) is 17.3. The number of nitrogens with zero attached hydrogens (tertiary/aromatic N) is 6. The molecular weight excluding hydrogens is 793 g/mol. The molecule has 4 N–H and O–H groups in total. The van der Waals surface area contributed by atoms with Crippen LogP contribution >= 0.6 is 0 Å². The van der Waals surface area contributed by atoms with Gasteiger partial charge in [-0.3, -0.25) is 18.4 Å². The standard InChI is InChI=1S/2C16H14F2N3O4S.Mg.2H2O/c2*1-23-13-5-6-19-12(14(13)24-2)8-26(22)16-20-10-4-3-9(25-15(17)18)7-11(10)21-16;;;/h2*3-7,15H,8H2,1-2H3;;2*1H2/q2*-1;+2;;/t2*26-;;;/m00.../s1. The summed E-state index contributed by atoms with van der Waals surface area (Å²) in [6.07, 6.45) is 3.04. The Morgan fingerprint density at radius 2 is 1.00 bits per heavy atom. The molecule has 292 valence electrons. The van der Waals surface area contributed by atoms with Crippen LogP contribution in [0.3, 0.4) is 0 Å². The topological polar surface area (TPSA) is 232 Å². The third-order valence-electron chi connectivity index (χ3n) is 6.88. The fraction of sp³-hybridized carbons (Fsp3) is 0.250. The summed E-state index contributed by atoms with van der Waals surface area (Å²) in [7, 11) is 2.67. The van der Waals surface area contributed by atoms with Crippen molar-refractivity contribution in [2.24, 2.45) is 0 Å². The molecule has 0 aliphatic heterocycles. The summed E-state index contributed by atoms with van der Waals surface area (Å²) in [5.41, 5.74) is 2.36. The van der Waals surface area contributed by atoms with Gasteiger partial charge in [-0.1, -0.05) is 12.1 Å². The second-order valence-electron chi connectivity index (χ2n) is 10.0. The van der Waals surface area contributed by atoms with Crippen LogP contribution in [-0.4, -0.2) is 104 Å². The first-order chi connectivity index (χ1) is 25.0. The van der Waals surface area contributed by atoms with Gasteiger partial charge in [0.2, 0.25) is 0 Å². The van der Waals surface area contributed by atoms with Crippen LogP contribution in [-0.2, 0) is 33.1 Å². The van der Waals surface area contributed by atoms with E-state index in [1.165, 1.54) is 77.2 Å². The van der Waals surface area contributed by atoms with E-state index in [0.29, 0.717) is 56.5 Å². The number of imidazole rings is 2. The Kier molecular flexibility index (Phi) is 18.0. The molecule has 0 aliphatic rings. The van der Waals surface area contributed by atoms with E-state index >= 15 is 0 Å². The van der Waals surface area contributed by atoms with Gasteiger partial charge in [-0.05, 0) is 46.3 Å². The Labute approximate surface area is 331 Å². The van der Waals surface area contributed by atoms with Crippen LogP contribution < -0.4 is 38.4 Å². The van der Waals surface area contributed by atoms with Gasteiger partial charge in [0, 0.05) is 34.8 Å². The Morgan fingerprint density at radius 1 is 0.618 bits per heavy atom. The van der Waals surface area contributed by atoms with Gasteiger partial charge in [0.1, 0.15) is 11.5 Å². The quantitative estimate of drug-likeness (QED) is 0.114. The van der Waals surface area contributed by atoms with Crippen molar-refractivity contribution >= 4 is 66.7 Å². The monoisotopic (exact) mass is 824 g/mol. The molecule has 0 radical (unpaired) electrons. The summed E-state index contributed by atoms with van der Waals surface area (Å²) in [4.78, 5) is 25.0. The number of methoxy groups -OCH3 is 4. The maximum absolute atomic E-state index is 12.6. The maximum atomic E-state index is 12.6. The average Bonchev–Trinajstić information content (AvgIpc) is 3.75. The van der Waals surface area contributed by atoms with Crippen molar-refractivity contribution in [3.63, 3.8) is 0 Å². The molecule has 0 aliphatic carbocycles. The van der Waals surface area contributed by atoms with Crippen LogP contribution in [0, 0.1) is 0 Å². The molecule has 16 nitrogen and oxygen atoms in total. The molecule has 23 heteroatoms. The van der Waals surface area contributed by atoms with Crippen LogP contribution in [0.1, 0.15) is 11.4 Å². The number of pyridine rings is 2. The third-order valence-corrected chi connectivity index (χ3v) is 9.13. The number of ether oxygens (including phenoxy) is 6. The minimum absolute atomic E-state index is 0. The number of aromatic nitrogens is 6. The molecule has 0 saturated heterocycles. The molecule has 2 aromatic carbocycles. The first-order valence-electron chi connectivity index (χ1n) is 14.7. The normalized spacial score (nSPS) is 11.7. The molecule has 6 aromatic rings. The number of halogens is 4. The Hall–Kier alpha value is -4.81. The second kappa shape index (κ2) is 21.3. The van der Waals surface area contributed by atoms with Crippen molar-refractivity contribution in [2.75, 3.05) is 28.4 Å². The van der Waals surface area contributed by atoms with Gasteiger partial charge in [-0.25, -0.2) is 0 Å². The van der Waals surface area contributed by atoms with E-state index in [0.717, 1.165) is 0 Å². The van der Waals surface area contributed by atoms with Crippen molar-refractivity contribution in [1.29, 1.82) is 0 Å². The summed E-state index contributed by atoms with van der Waals surface area (Å²) < 4.78 is 104. The summed E-state index contributed by atoms with van der Waals surface area (Å²) in [6, 6.07) is 11.5. The van der Waals surface area contributed by atoms with Crippen molar-refractivity contribution in [3.8, 4) is 34.5 Å². The van der Waals surface area contributed by atoms with Crippen LogP contribution in [0.15, 0.2) is 71.2 Å². The summed E-state index contributed by atoms with van der Waals surface area (Å²) in [5.74, 6) is 1.64. The fourth-order valence-corrected chi connectivity index (χ4v) is 6.64. The maximum Gasteiger partial charge on any atom is 2.00 e. The minimum Gasteiger partial charge on any atom is -0.493 e. The van der Waals surface area contributed by atoms with Crippen LogP contribution in [0.2, 0.25) is 0 Å². The van der Waals surface area contributed by atoms with Gasteiger partial charge in [-0.15, -0.1) is 0 Å². The summed E-state index contributed by atoms with van der Waals surface area (Å²) in [6.45, 7) is -5.87. The van der Waals surface area contributed by atoms with E-state index in [1.807, 2.05) is 0 Å². The number of alkyl halides is 4. The van der Waals surface area contributed by atoms with E-state index in [9.17, 15) is 26.0 Å². The van der Waals surface area contributed by atoms with Crippen molar-refractivity contribution in [3.05, 3.63) is 72.3 Å². The molecule has 0 unspecified atom stereocenters. The van der Waals surface area contributed by atoms with E-state index < -0.39 is 34.8 Å². The van der Waals surface area contributed by atoms with Gasteiger partial charge in [0.25, 0.3) is 0 Å². The predicted molar refractivity (Wildman–Crippen MR) is 191 cm³/mol. The molecule has 6 rings (SSSR count). The van der Waals surface area contributed by atoms with E-state index in [2.05, 4.69) is 39.4 Å². The number of hydrogen-bond acceptors (Lipinski definition) is 12. The SMILES string of the molecule is COc1ccnc(C[S@](=O)c2nc3cc(OC(F)F)ccc3[n-]2)c1OC.COc1ccnc(C[S@](=O)c2nc3cc(OC(F)F)ccc3[n-]2)c1OC.O.O.[Mg+2]. The Balaban J connectivity index is 0.000000360. The largest absolute Gasteiger partial charge is 2.00 e. The van der Waals surface area contributed by atoms with E-state index in [1.54, 1.807) is 12.1 Å².